The van der Waals surface area contributed by atoms with Gasteiger partial charge in [0, 0.05) is 28.0 Å². The molecule has 0 saturated carbocycles. The molecule has 1 amide bonds. The molecule has 30 heavy (non-hydrogen) atoms. The maximum atomic E-state index is 12.5. The van der Waals surface area contributed by atoms with Crippen molar-refractivity contribution in [3.05, 3.63) is 94.1 Å². The van der Waals surface area contributed by atoms with Crippen molar-refractivity contribution in [1.29, 1.82) is 0 Å². The summed E-state index contributed by atoms with van der Waals surface area (Å²) in [6, 6.07) is 17.5. The predicted molar refractivity (Wildman–Crippen MR) is 118 cm³/mol. The van der Waals surface area contributed by atoms with Crippen LogP contribution >= 0.6 is 22.9 Å². The molecular weight excluding hydrogens is 422 g/mol. The minimum Gasteiger partial charge on any atom is -0.422 e. The molecule has 0 fully saturated rings. The van der Waals surface area contributed by atoms with E-state index in [4.69, 9.17) is 16.3 Å². The molecule has 0 bridgehead atoms. The van der Waals surface area contributed by atoms with Gasteiger partial charge >= 0.3 is 5.97 Å². The number of pyridine rings is 1. The Morgan fingerprint density at radius 1 is 1.03 bits per heavy atom. The Kier molecular flexibility index (Phi) is 5.83. The van der Waals surface area contributed by atoms with Crippen molar-refractivity contribution in [1.82, 2.24) is 10.4 Å². The molecule has 0 atom stereocenters. The number of ether oxygens (including phenoxy) is 1. The summed E-state index contributed by atoms with van der Waals surface area (Å²) in [6.07, 6.45) is 4.56. The minimum atomic E-state index is -0.507. The van der Waals surface area contributed by atoms with Gasteiger partial charge in [-0.1, -0.05) is 29.8 Å². The number of benzene rings is 2. The second kappa shape index (κ2) is 8.86. The summed E-state index contributed by atoms with van der Waals surface area (Å²) in [4.78, 5) is 28.6. The van der Waals surface area contributed by atoms with Crippen LogP contribution in [0.5, 0.6) is 5.75 Å². The van der Waals surface area contributed by atoms with E-state index in [0.717, 1.165) is 15.6 Å². The third kappa shape index (κ3) is 4.37. The van der Waals surface area contributed by atoms with Crippen LogP contribution in [0.4, 0.5) is 0 Å². The highest BCUT2D eigenvalue weighted by molar-refractivity contribution is 7.21. The van der Waals surface area contributed by atoms with Crippen molar-refractivity contribution in [2.75, 3.05) is 0 Å². The number of aromatic nitrogens is 1. The van der Waals surface area contributed by atoms with Gasteiger partial charge in [0.05, 0.1) is 11.2 Å². The Morgan fingerprint density at radius 3 is 2.50 bits per heavy atom. The Balaban J connectivity index is 1.39. The van der Waals surface area contributed by atoms with Crippen LogP contribution in [0.1, 0.15) is 25.6 Å². The molecule has 4 rings (SSSR count). The predicted octanol–water partition coefficient (Wildman–Crippen LogP) is 4.93. The number of esters is 1. The number of carbonyl (C=O) groups is 2. The first kappa shape index (κ1) is 19.8. The molecule has 148 valence electrons. The minimum absolute atomic E-state index is 0.334. The van der Waals surface area contributed by atoms with Crippen molar-refractivity contribution in [3.63, 3.8) is 0 Å². The molecule has 8 heteroatoms. The molecule has 0 aliphatic rings. The van der Waals surface area contributed by atoms with Crippen LogP contribution in [0, 0.1) is 0 Å². The average Bonchev–Trinajstić information content (AvgIpc) is 3.12. The maximum Gasteiger partial charge on any atom is 0.355 e. The molecule has 0 spiro atoms. The topological polar surface area (TPSA) is 80.6 Å². The lowest BCUT2D eigenvalue weighted by molar-refractivity contribution is 0.0739. The highest BCUT2D eigenvalue weighted by atomic mass is 35.5. The van der Waals surface area contributed by atoms with Crippen LogP contribution in [0.15, 0.2) is 78.2 Å². The molecule has 0 saturated heterocycles. The van der Waals surface area contributed by atoms with Gasteiger partial charge in [-0.05, 0) is 48.0 Å². The SMILES string of the molecule is O=C(N/N=C/c1ccc(OC(=O)c2sc3ccccc3c2Cl)cc1)c1ccncc1. The number of hydrogen-bond acceptors (Lipinski definition) is 6. The van der Waals surface area contributed by atoms with Gasteiger partial charge in [-0.2, -0.15) is 5.10 Å². The normalized spacial score (nSPS) is 11.0. The number of nitrogens with zero attached hydrogens (tertiary/aromatic N) is 2. The van der Waals surface area contributed by atoms with Crippen LogP contribution in [0.3, 0.4) is 0 Å². The largest absolute Gasteiger partial charge is 0.422 e. The molecule has 2 aromatic heterocycles. The lowest BCUT2D eigenvalue weighted by Crippen LogP contribution is -2.17. The van der Waals surface area contributed by atoms with Gasteiger partial charge in [0.15, 0.2) is 0 Å². The van der Waals surface area contributed by atoms with Gasteiger partial charge < -0.3 is 4.74 Å². The Bertz CT molecular complexity index is 1240. The molecule has 0 radical (unpaired) electrons. The lowest BCUT2D eigenvalue weighted by atomic mass is 10.2. The fraction of sp³-hybridized carbons (Fsp3) is 0. The zero-order valence-electron chi connectivity index (χ0n) is 15.4. The van der Waals surface area contributed by atoms with Crippen LogP contribution in [-0.4, -0.2) is 23.1 Å². The van der Waals surface area contributed by atoms with E-state index in [1.54, 1.807) is 36.4 Å². The average molecular weight is 436 g/mol. The van der Waals surface area contributed by atoms with E-state index in [1.807, 2.05) is 24.3 Å². The number of fused-ring (bicyclic) bond motifs is 1. The van der Waals surface area contributed by atoms with Gasteiger partial charge in [0.25, 0.3) is 5.91 Å². The fourth-order valence-electron chi connectivity index (χ4n) is 2.65. The first-order valence-electron chi connectivity index (χ1n) is 8.84. The third-order valence-electron chi connectivity index (χ3n) is 4.13. The molecule has 4 aromatic rings. The number of thiophene rings is 1. The molecule has 2 heterocycles. The molecule has 0 aliphatic heterocycles. The van der Waals surface area contributed by atoms with Crippen molar-refractivity contribution in [3.8, 4) is 5.75 Å². The fourth-order valence-corrected chi connectivity index (χ4v) is 4.04. The monoisotopic (exact) mass is 435 g/mol. The summed E-state index contributed by atoms with van der Waals surface area (Å²) in [5.41, 5.74) is 3.63. The zero-order valence-corrected chi connectivity index (χ0v) is 17.0. The first-order valence-corrected chi connectivity index (χ1v) is 10.0. The van der Waals surface area contributed by atoms with E-state index < -0.39 is 5.97 Å². The summed E-state index contributed by atoms with van der Waals surface area (Å²) in [6.45, 7) is 0. The van der Waals surface area contributed by atoms with Gasteiger partial charge in [-0.25, -0.2) is 10.2 Å². The summed E-state index contributed by atoms with van der Waals surface area (Å²) in [5.74, 6) is -0.460. The van der Waals surface area contributed by atoms with Gasteiger partial charge in [-0.3, -0.25) is 9.78 Å². The standard InChI is InChI=1S/C22H14ClN3O3S/c23-19-17-3-1-2-4-18(17)30-20(19)22(28)29-16-7-5-14(6-8-16)13-25-26-21(27)15-9-11-24-12-10-15/h1-13H,(H,26,27)/b25-13+. The van der Waals surface area contributed by atoms with Crippen molar-refractivity contribution < 1.29 is 14.3 Å². The maximum absolute atomic E-state index is 12.5. The zero-order chi connectivity index (χ0) is 20.9. The quantitative estimate of drug-likeness (QED) is 0.208. The number of rotatable bonds is 5. The van der Waals surface area contributed by atoms with Gasteiger partial charge in [-0.15, -0.1) is 11.3 Å². The van der Waals surface area contributed by atoms with Crippen molar-refractivity contribution >= 4 is 51.1 Å². The van der Waals surface area contributed by atoms with Crippen molar-refractivity contribution in [2.24, 2.45) is 5.10 Å². The summed E-state index contributed by atoms with van der Waals surface area (Å²) in [7, 11) is 0. The van der Waals surface area contributed by atoms with E-state index >= 15 is 0 Å². The molecule has 6 nitrogen and oxygen atoms in total. The van der Waals surface area contributed by atoms with E-state index in [-0.39, 0.29) is 5.91 Å². The Hall–Kier alpha value is -3.55. The number of hydrogen-bond donors (Lipinski definition) is 1. The molecule has 0 aliphatic carbocycles. The smallest absolute Gasteiger partial charge is 0.355 e. The Labute approximate surface area is 180 Å². The van der Waals surface area contributed by atoms with Crippen LogP contribution in [0.25, 0.3) is 10.1 Å². The molecule has 2 aromatic carbocycles. The third-order valence-corrected chi connectivity index (χ3v) is 5.79. The number of hydrazone groups is 1. The molecule has 1 N–H and O–H groups in total. The van der Waals surface area contributed by atoms with E-state index in [0.29, 0.717) is 21.2 Å². The van der Waals surface area contributed by atoms with Crippen LogP contribution < -0.4 is 10.2 Å². The van der Waals surface area contributed by atoms with Crippen LogP contribution in [-0.2, 0) is 0 Å². The van der Waals surface area contributed by atoms with Gasteiger partial charge in [0.2, 0.25) is 0 Å². The highest BCUT2D eigenvalue weighted by Crippen LogP contribution is 2.35. The summed E-state index contributed by atoms with van der Waals surface area (Å²) < 4.78 is 6.36. The van der Waals surface area contributed by atoms with E-state index in [2.05, 4.69) is 15.5 Å². The highest BCUT2D eigenvalue weighted by Gasteiger charge is 2.18. The van der Waals surface area contributed by atoms with Crippen LogP contribution in [0.2, 0.25) is 5.02 Å². The number of halogens is 1. The second-order valence-electron chi connectivity index (χ2n) is 6.13. The van der Waals surface area contributed by atoms with E-state index in [9.17, 15) is 9.59 Å². The summed E-state index contributed by atoms with van der Waals surface area (Å²) >= 11 is 7.62. The second-order valence-corrected chi connectivity index (χ2v) is 7.57. The van der Waals surface area contributed by atoms with Crippen molar-refractivity contribution in [2.45, 2.75) is 0 Å². The summed E-state index contributed by atoms with van der Waals surface area (Å²) in [5, 5.41) is 5.15. The molecule has 0 unspecified atom stereocenters. The number of carbonyl (C=O) groups excluding carboxylic acids is 2. The number of amides is 1. The first-order chi connectivity index (χ1) is 14.6. The molecular formula is C22H14ClN3O3S. The van der Waals surface area contributed by atoms with E-state index in [1.165, 1.54) is 29.9 Å². The lowest BCUT2D eigenvalue weighted by Gasteiger charge is -2.03. The Morgan fingerprint density at radius 2 is 1.77 bits per heavy atom. The number of nitrogens with one attached hydrogen (secondary N) is 1. The van der Waals surface area contributed by atoms with Gasteiger partial charge in [0.1, 0.15) is 10.6 Å².